The van der Waals surface area contributed by atoms with Gasteiger partial charge in [0, 0.05) is 12.2 Å². The molecule has 0 aliphatic heterocycles. The van der Waals surface area contributed by atoms with Gasteiger partial charge in [-0.25, -0.2) is 4.79 Å². The molecule has 1 heterocycles. The Labute approximate surface area is 86.9 Å². The smallest absolute Gasteiger partial charge is 0.338 e. The summed E-state index contributed by atoms with van der Waals surface area (Å²) in [6, 6.07) is 0.0620. The van der Waals surface area contributed by atoms with Gasteiger partial charge in [0.05, 0.1) is 11.8 Å². The highest BCUT2D eigenvalue weighted by Gasteiger charge is 2.09. The molecule has 0 saturated carbocycles. The third kappa shape index (κ3) is 3.41. The lowest BCUT2D eigenvalue weighted by atomic mass is 10.4. The maximum absolute atomic E-state index is 11.3. The van der Waals surface area contributed by atoms with Crippen molar-refractivity contribution < 1.29 is 14.7 Å². The van der Waals surface area contributed by atoms with Crippen molar-refractivity contribution in [2.75, 3.05) is 0 Å². The van der Waals surface area contributed by atoms with Crippen molar-refractivity contribution in [1.82, 2.24) is 15.1 Å². The van der Waals surface area contributed by atoms with E-state index in [1.165, 1.54) is 17.1 Å². The Hall–Kier alpha value is -1.85. The van der Waals surface area contributed by atoms with Crippen LogP contribution in [0.2, 0.25) is 0 Å². The topological polar surface area (TPSA) is 84.2 Å². The maximum Gasteiger partial charge on any atom is 0.338 e. The second-order valence-corrected chi connectivity index (χ2v) is 3.45. The molecule has 0 saturated heterocycles. The number of nitrogens with one attached hydrogen (secondary N) is 1. The Morgan fingerprint density at radius 3 is 2.73 bits per heavy atom. The van der Waals surface area contributed by atoms with Crippen LogP contribution in [-0.2, 0) is 11.3 Å². The number of nitrogens with zero attached hydrogens (tertiary/aromatic N) is 2. The first kappa shape index (κ1) is 11.2. The number of carboxylic acids is 1. The largest absolute Gasteiger partial charge is 0.478 e. The molecule has 1 aromatic heterocycles. The average molecular weight is 211 g/mol. The number of amides is 1. The van der Waals surface area contributed by atoms with E-state index in [1.54, 1.807) is 0 Å². The van der Waals surface area contributed by atoms with Crippen LogP contribution in [-0.4, -0.2) is 32.8 Å². The lowest BCUT2D eigenvalue weighted by Gasteiger charge is -2.07. The zero-order chi connectivity index (χ0) is 11.4. The molecule has 0 unspecified atom stereocenters. The second kappa shape index (κ2) is 4.59. The van der Waals surface area contributed by atoms with Gasteiger partial charge in [-0.3, -0.25) is 9.48 Å². The van der Waals surface area contributed by atoms with Crippen LogP contribution in [0.5, 0.6) is 0 Å². The van der Waals surface area contributed by atoms with E-state index in [0.29, 0.717) is 0 Å². The Morgan fingerprint density at radius 2 is 2.27 bits per heavy atom. The van der Waals surface area contributed by atoms with E-state index in [1.807, 2.05) is 13.8 Å². The SMILES string of the molecule is CC(C)NC(=O)Cn1cc(C(=O)O)cn1. The number of aromatic carboxylic acids is 1. The average Bonchev–Trinajstić information content (AvgIpc) is 2.50. The summed E-state index contributed by atoms with van der Waals surface area (Å²) in [5.41, 5.74) is 0.0762. The van der Waals surface area contributed by atoms with Gasteiger partial charge in [0.2, 0.25) is 5.91 Å². The summed E-state index contributed by atoms with van der Waals surface area (Å²) in [7, 11) is 0. The number of hydrogen-bond acceptors (Lipinski definition) is 3. The first-order valence-electron chi connectivity index (χ1n) is 4.54. The first-order chi connectivity index (χ1) is 6.99. The van der Waals surface area contributed by atoms with Gasteiger partial charge in [0.25, 0.3) is 0 Å². The zero-order valence-corrected chi connectivity index (χ0v) is 8.60. The minimum atomic E-state index is -1.05. The van der Waals surface area contributed by atoms with Crippen LogP contribution in [0.25, 0.3) is 0 Å². The fourth-order valence-corrected chi connectivity index (χ4v) is 1.08. The van der Waals surface area contributed by atoms with Gasteiger partial charge in [0.1, 0.15) is 6.54 Å². The van der Waals surface area contributed by atoms with Crippen molar-refractivity contribution in [3.8, 4) is 0 Å². The molecule has 0 spiro atoms. The van der Waals surface area contributed by atoms with Crippen molar-refractivity contribution in [2.45, 2.75) is 26.4 Å². The molecule has 0 fully saturated rings. The number of carboxylic acid groups (broad SMARTS) is 1. The van der Waals surface area contributed by atoms with Crippen molar-refractivity contribution >= 4 is 11.9 Å². The fraction of sp³-hybridized carbons (Fsp3) is 0.444. The molecule has 6 nitrogen and oxygen atoms in total. The van der Waals surface area contributed by atoms with E-state index in [4.69, 9.17) is 5.11 Å². The van der Waals surface area contributed by atoms with E-state index in [9.17, 15) is 9.59 Å². The quantitative estimate of drug-likeness (QED) is 0.740. The molecule has 0 bridgehead atoms. The van der Waals surface area contributed by atoms with Gasteiger partial charge in [0.15, 0.2) is 0 Å². The molecule has 2 N–H and O–H groups in total. The molecule has 1 aromatic rings. The van der Waals surface area contributed by atoms with Crippen molar-refractivity contribution in [3.63, 3.8) is 0 Å². The lowest BCUT2D eigenvalue weighted by Crippen LogP contribution is -2.33. The molecule has 1 rings (SSSR count). The fourth-order valence-electron chi connectivity index (χ4n) is 1.08. The van der Waals surface area contributed by atoms with Crippen LogP contribution < -0.4 is 5.32 Å². The van der Waals surface area contributed by atoms with Crippen LogP contribution in [0.15, 0.2) is 12.4 Å². The van der Waals surface area contributed by atoms with Crippen LogP contribution in [0.1, 0.15) is 24.2 Å². The van der Waals surface area contributed by atoms with E-state index >= 15 is 0 Å². The summed E-state index contributed by atoms with van der Waals surface area (Å²) < 4.78 is 1.29. The first-order valence-corrected chi connectivity index (χ1v) is 4.54. The van der Waals surface area contributed by atoms with Gasteiger partial charge >= 0.3 is 5.97 Å². The summed E-state index contributed by atoms with van der Waals surface area (Å²) >= 11 is 0. The molecule has 15 heavy (non-hydrogen) atoms. The minimum Gasteiger partial charge on any atom is -0.478 e. The highest BCUT2D eigenvalue weighted by atomic mass is 16.4. The Bertz CT molecular complexity index is 370. The zero-order valence-electron chi connectivity index (χ0n) is 8.60. The summed E-state index contributed by atoms with van der Waals surface area (Å²) in [6.45, 7) is 3.73. The number of aromatic nitrogens is 2. The van der Waals surface area contributed by atoms with E-state index in [0.717, 1.165) is 0 Å². The Balaban J connectivity index is 2.57. The van der Waals surface area contributed by atoms with Gasteiger partial charge in [-0.2, -0.15) is 5.10 Å². The summed E-state index contributed by atoms with van der Waals surface area (Å²) in [5, 5.41) is 15.1. The predicted molar refractivity (Wildman–Crippen MR) is 52.5 cm³/mol. The Morgan fingerprint density at radius 1 is 1.60 bits per heavy atom. The molecule has 6 heteroatoms. The molecule has 0 aliphatic rings. The molecule has 82 valence electrons. The summed E-state index contributed by atoms with van der Waals surface area (Å²) in [4.78, 5) is 21.8. The Kier molecular flexibility index (Phi) is 3.43. The predicted octanol–water partition coefficient (Wildman–Crippen LogP) is 0.106. The molecule has 0 aliphatic carbocycles. The van der Waals surface area contributed by atoms with E-state index in [2.05, 4.69) is 10.4 Å². The van der Waals surface area contributed by atoms with E-state index < -0.39 is 5.97 Å². The number of carbonyl (C=O) groups is 2. The van der Waals surface area contributed by atoms with Crippen molar-refractivity contribution in [3.05, 3.63) is 18.0 Å². The van der Waals surface area contributed by atoms with Crippen molar-refractivity contribution in [2.24, 2.45) is 0 Å². The second-order valence-electron chi connectivity index (χ2n) is 3.45. The monoisotopic (exact) mass is 211 g/mol. The van der Waals surface area contributed by atoms with Gasteiger partial charge in [-0.15, -0.1) is 0 Å². The van der Waals surface area contributed by atoms with Crippen LogP contribution in [0.4, 0.5) is 0 Å². The van der Waals surface area contributed by atoms with Gasteiger partial charge < -0.3 is 10.4 Å². The van der Waals surface area contributed by atoms with Crippen LogP contribution in [0, 0.1) is 0 Å². The maximum atomic E-state index is 11.3. The molecule has 0 radical (unpaired) electrons. The number of carbonyl (C=O) groups excluding carboxylic acids is 1. The lowest BCUT2D eigenvalue weighted by molar-refractivity contribution is -0.122. The van der Waals surface area contributed by atoms with E-state index in [-0.39, 0.29) is 24.1 Å². The highest BCUT2D eigenvalue weighted by Crippen LogP contribution is 1.97. The molecular formula is C9H13N3O3. The van der Waals surface area contributed by atoms with Crippen LogP contribution in [0.3, 0.4) is 0 Å². The van der Waals surface area contributed by atoms with Gasteiger partial charge in [-0.05, 0) is 13.8 Å². The summed E-state index contributed by atoms with van der Waals surface area (Å²) in [6.07, 6.45) is 2.53. The number of rotatable bonds is 4. The normalized spacial score (nSPS) is 10.3. The standard InChI is InChI=1S/C9H13N3O3/c1-6(2)11-8(13)5-12-4-7(3-10-12)9(14)15/h3-4,6H,5H2,1-2H3,(H,11,13)(H,14,15). The minimum absolute atomic E-state index is 0.0332. The molecule has 0 aromatic carbocycles. The molecular weight excluding hydrogens is 198 g/mol. The molecule has 0 atom stereocenters. The molecule has 1 amide bonds. The summed E-state index contributed by atoms with van der Waals surface area (Å²) in [5.74, 6) is -1.24. The van der Waals surface area contributed by atoms with Gasteiger partial charge in [-0.1, -0.05) is 0 Å². The van der Waals surface area contributed by atoms with Crippen molar-refractivity contribution in [1.29, 1.82) is 0 Å². The number of hydrogen-bond donors (Lipinski definition) is 2. The van der Waals surface area contributed by atoms with Crippen LogP contribution >= 0.6 is 0 Å². The third-order valence-electron chi connectivity index (χ3n) is 1.64. The third-order valence-corrected chi connectivity index (χ3v) is 1.64. The highest BCUT2D eigenvalue weighted by molar-refractivity contribution is 5.87.